The van der Waals surface area contributed by atoms with Crippen LogP contribution in [0.3, 0.4) is 0 Å². The topological polar surface area (TPSA) is 101 Å². The molecule has 4 N–H and O–H groups in total. The van der Waals surface area contributed by atoms with Crippen LogP contribution in [0.15, 0.2) is 0 Å². The first kappa shape index (κ1) is 12.2. The molecule has 0 bridgehead atoms. The third kappa shape index (κ3) is 6.41. The monoisotopic (exact) mass is 207 g/mol. The number of hydrogen-bond donors (Lipinski definition) is 3. The second kappa shape index (κ2) is 5.82. The van der Waals surface area contributed by atoms with Gasteiger partial charge in [0, 0.05) is 11.0 Å². The predicted octanol–water partition coefficient (Wildman–Crippen LogP) is -0.00530. The first-order valence-corrected chi connectivity index (χ1v) is 4.80. The lowest BCUT2D eigenvalue weighted by atomic mass is 10.3. The minimum Gasteiger partial charge on any atom is -0.481 e. The molecule has 0 saturated carbocycles. The van der Waals surface area contributed by atoms with E-state index in [1.165, 1.54) is 11.8 Å². The van der Waals surface area contributed by atoms with E-state index in [1.54, 1.807) is 6.92 Å². The molecule has 2 unspecified atom stereocenters. The predicted molar refractivity (Wildman–Crippen MR) is 49.8 cm³/mol. The Labute approximate surface area is 80.3 Å². The lowest BCUT2D eigenvalue weighted by molar-refractivity contribution is -0.138. The number of aliphatic carboxylic acids is 2. The lowest BCUT2D eigenvalue weighted by Crippen LogP contribution is -2.33. The highest BCUT2D eigenvalue weighted by Gasteiger charge is 2.14. The molecule has 0 aliphatic heterocycles. The molecule has 0 aromatic rings. The van der Waals surface area contributed by atoms with Gasteiger partial charge < -0.3 is 15.9 Å². The second-order valence-corrected chi connectivity index (χ2v) is 4.16. The van der Waals surface area contributed by atoms with E-state index in [0.717, 1.165) is 0 Å². The summed E-state index contributed by atoms with van der Waals surface area (Å²) in [6.45, 7) is 1.73. The Kier molecular flexibility index (Phi) is 5.48. The molecule has 0 radical (unpaired) electrons. The molecule has 13 heavy (non-hydrogen) atoms. The molecule has 0 fully saturated rings. The van der Waals surface area contributed by atoms with Crippen LogP contribution in [0.5, 0.6) is 0 Å². The number of carboxylic acid groups (broad SMARTS) is 2. The van der Waals surface area contributed by atoms with Crippen LogP contribution < -0.4 is 5.73 Å². The minimum absolute atomic E-state index is 0.0248. The average molecular weight is 207 g/mol. The van der Waals surface area contributed by atoms with Crippen molar-refractivity contribution in [1.82, 2.24) is 0 Å². The Bertz CT molecular complexity index is 197. The van der Waals surface area contributed by atoms with Crippen LogP contribution in [0.25, 0.3) is 0 Å². The number of nitrogens with two attached hydrogens (primary N) is 1. The summed E-state index contributed by atoms with van der Waals surface area (Å²) in [4.78, 5) is 20.5. The molecule has 5 nitrogen and oxygen atoms in total. The van der Waals surface area contributed by atoms with Gasteiger partial charge in [-0.2, -0.15) is 11.8 Å². The van der Waals surface area contributed by atoms with Crippen LogP contribution in [-0.4, -0.2) is 39.2 Å². The van der Waals surface area contributed by atoms with Crippen molar-refractivity contribution in [1.29, 1.82) is 0 Å². The summed E-state index contributed by atoms with van der Waals surface area (Å²) < 4.78 is 0. The third-order valence-corrected chi connectivity index (χ3v) is 2.63. The van der Waals surface area contributed by atoms with Gasteiger partial charge in [0.05, 0.1) is 6.42 Å². The maximum absolute atomic E-state index is 10.3. The largest absolute Gasteiger partial charge is 0.481 e. The fourth-order valence-corrected chi connectivity index (χ4v) is 1.58. The van der Waals surface area contributed by atoms with E-state index in [0.29, 0.717) is 0 Å². The number of rotatable bonds is 6. The highest BCUT2D eigenvalue weighted by Crippen LogP contribution is 2.14. The Morgan fingerprint density at radius 1 is 1.46 bits per heavy atom. The van der Waals surface area contributed by atoms with Crippen LogP contribution >= 0.6 is 11.8 Å². The minimum atomic E-state index is -1.06. The molecule has 0 saturated heterocycles. The number of carbonyl (C=O) groups is 2. The maximum Gasteiger partial charge on any atom is 0.321 e. The molecule has 0 amide bonds. The lowest BCUT2D eigenvalue weighted by Gasteiger charge is -2.10. The van der Waals surface area contributed by atoms with Gasteiger partial charge in [-0.05, 0) is 0 Å². The van der Waals surface area contributed by atoms with E-state index in [4.69, 9.17) is 15.9 Å². The zero-order valence-electron chi connectivity index (χ0n) is 7.27. The average Bonchev–Trinajstić information content (AvgIpc) is 1.98. The summed E-state index contributed by atoms with van der Waals surface area (Å²) >= 11 is 1.25. The van der Waals surface area contributed by atoms with Gasteiger partial charge >= 0.3 is 11.9 Å². The van der Waals surface area contributed by atoms with Crippen molar-refractivity contribution in [2.24, 2.45) is 5.73 Å². The Hall–Kier alpha value is -0.750. The molecule has 0 heterocycles. The second-order valence-electron chi connectivity index (χ2n) is 2.69. The Morgan fingerprint density at radius 3 is 2.38 bits per heavy atom. The normalized spacial score (nSPS) is 14.9. The van der Waals surface area contributed by atoms with E-state index < -0.39 is 18.0 Å². The van der Waals surface area contributed by atoms with Gasteiger partial charge in [0.15, 0.2) is 0 Å². The van der Waals surface area contributed by atoms with Crippen LogP contribution in [0.4, 0.5) is 0 Å². The summed E-state index contributed by atoms with van der Waals surface area (Å²) in [5.74, 6) is -1.71. The Morgan fingerprint density at radius 2 is 2.00 bits per heavy atom. The van der Waals surface area contributed by atoms with Crippen molar-refractivity contribution < 1.29 is 19.8 Å². The van der Waals surface area contributed by atoms with Crippen molar-refractivity contribution in [3.63, 3.8) is 0 Å². The molecule has 0 aromatic heterocycles. The molecular formula is C7H13NO4S. The highest BCUT2D eigenvalue weighted by molar-refractivity contribution is 7.99. The first-order valence-electron chi connectivity index (χ1n) is 3.75. The Balaban J connectivity index is 3.63. The van der Waals surface area contributed by atoms with Crippen LogP contribution in [0.1, 0.15) is 13.3 Å². The highest BCUT2D eigenvalue weighted by atomic mass is 32.2. The molecule has 0 aliphatic rings. The number of carboxylic acids is 2. The van der Waals surface area contributed by atoms with E-state index in [1.807, 2.05) is 0 Å². The zero-order valence-corrected chi connectivity index (χ0v) is 8.08. The molecule has 2 atom stereocenters. The van der Waals surface area contributed by atoms with Gasteiger partial charge in [0.2, 0.25) is 0 Å². The van der Waals surface area contributed by atoms with Crippen LogP contribution in [0, 0.1) is 0 Å². The summed E-state index contributed by atoms with van der Waals surface area (Å²) in [6, 6.07) is -0.916. The summed E-state index contributed by atoms with van der Waals surface area (Å²) in [5, 5.41) is 16.7. The van der Waals surface area contributed by atoms with Gasteiger partial charge in [-0.3, -0.25) is 9.59 Å². The van der Waals surface area contributed by atoms with Crippen molar-refractivity contribution in [2.45, 2.75) is 24.6 Å². The van der Waals surface area contributed by atoms with Crippen LogP contribution in [-0.2, 0) is 9.59 Å². The fraction of sp³-hybridized carbons (Fsp3) is 0.714. The summed E-state index contributed by atoms with van der Waals surface area (Å²) in [6.07, 6.45) is 0.0248. The molecule has 0 spiro atoms. The standard InChI is InChI=1S/C7H13NO4S/c1-4(2-6(9)10)13-3-5(8)7(11)12/h4-5H,2-3,8H2,1H3,(H,9,10)(H,11,12). The summed E-state index contributed by atoms with van der Waals surface area (Å²) in [5.41, 5.74) is 5.23. The molecule has 76 valence electrons. The van der Waals surface area contributed by atoms with Gasteiger partial charge in [-0.1, -0.05) is 6.92 Å². The van der Waals surface area contributed by atoms with E-state index >= 15 is 0 Å². The van der Waals surface area contributed by atoms with Crippen LogP contribution in [0.2, 0.25) is 0 Å². The molecular weight excluding hydrogens is 194 g/mol. The number of thioether (sulfide) groups is 1. The van der Waals surface area contributed by atoms with E-state index in [-0.39, 0.29) is 17.4 Å². The van der Waals surface area contributed by atoms with Gasteiger partial charge in [0.25, 0.3) is 0 Å². The van der Waals surface area contributed by atoms with E-state index in [2.05, 4.69) is 0 Å². The quantitative estimate of drug-likeness (QED) is 0.566. The molecule has 0 aliphatic carbocycles. The fourth-order valence-electron chi connectivity index (χ4n) is 0.644. The van der Waals surface area contributed by atoms with Crippen molar-refractivity contribution in [2.75, 3.05) is 5.75 Å². The maximum atomic E-state index is 10.3. The first-order chi connectivity index (χ1) is 5.93. The smallest absolute Gasteiger partial charge is 0.321 e. The third-order valence-electron chi connectivity index (χ3n) is 1.34. The molecule has 0 rings (SSSR count). The van der Waals surface area contributed by atoms with Crippen molar-refractivity contribution >= 4 is 23.7 Å². The number of hydrogen-bond acceptors (Lipinski definition) is 4. The van der Waals surface area contributed by atoms with Gasteiger partial charge in [-0.15, -0.1) is 0 Å². The van der Waals surface area contributed by atoms with Gasteiger partial charge in [-0.25, -0.2) is 0 Å². The van der Waals surface area contributed by atoms with E-state index in [9.17, 15) is 9.59 Å². The molecule has 6 heteroatoms. The van der Waals surface area contributed by atoms with Gasteiger partial charge in [0.1, 0.15) is 6.04 Å². The summed E-state index contributed by atoms with van der Waals surface area (Å²) in [7, 11) is 0. The van der Waals surface area contributed by atoms with Crippen molar-refractivity contribution in [3.05, 3.63) is 0 Å². The zero-order chi connectivity index (χ0) is 10.4. The molecule has 0 aromatic carbocycles. The van der Waals surface area contributed by atoms with Crippen molar-refractivity contribution in [3.8, 4) is 0 Å². The SMILES string of the molecule is CC(CC(=O)O)SCC(N)C(=O)O.